The van der Waals surface area contributed by atoms with Crippen LogP contribution in [0.15, 0.2) is 158 Å². The standard InChI is InChI=1S/C45H40N6O3/c1-3-31-50(43-40(25-16-30-46-43)44(53)54-4-2)32-33-26-28-34(29-27-33)38-23-14-15-24-39(38)41(52)42-47-49-51(48-42)45(35-17-8-5-9-18-35,36-19-10-6-11-20-36)37-21-12-7-13-22-37/h5-30H,3-4,31-32H2,1-2H3. The van der Waals surface area contributed by atoms with Crippen LogP contribution in [0.25, 0.3) is 11.1 Å². The van der Waals surface area contributed by atoms with Crippen molar-refractivity contribution in [3.05, 3.63) is 197 Å². The zero-order valence-electron chi connectivity index (χ0n) is 30.2. The molecule has 0 radical (unpaired) electrons. The minimum Gasteiger partial charge on any atom is -0.462 e. The Morgan fingerprint density at radius 1 is 0.685 bits per heavy atom. The Morgan fingerprint density at radius 3 is 1.85 bits per heavy atom. The predicted molar refractivity (Wildman–Crippen MR) is 209 cm³/mol. The first-order chi connectivity index (χ1) is 26.5. The van der Waals surface area contributed by atoms with Crippen molar-refractivity contribution in [3.63, 3.8) is 0 Å². The van der Waals surface area contributed by atoms with Crippen molar-refractivity contribution in [3.8, 4) is 11.1 Å². The SMILES string of the molecule is CCCN(Cc1ccc(-c2ccccc2C(=O)c2nnn(C(c3ccccc3)(c3ccccc3)c3ccccc3)n2)cc1)c1ncccc1C(=O)OCC. The molecule has 0 fully saturated rings. The van der Waals surface area contributed by atoms with E-state index in [-0.39, 0.29) is 18.2 Å². The van der Waals surface area contributed by atoms with E-state index >= 15 is 0 Å². The highest BCUT2D eigenvalue weighted by molar-refractivity contribution is 6.10. The van der Waals surface area contributed by atoms with E-state index in [1.165, 1.54) is 0 Å². The summed E-state index contributed by atoms with van der Waals surface area (Å²) < 4.78 is 5.31. The number of tetrazole rings is 1. The Labute approximate surface area is 314 Å². The molecule has 0 saturated carbocycles. The number of rotatable bonds is 14. The Balaban J connectivity index is 1.22. The fraction of sp³-hybridized carbons (Fsp3) is 0.156. The molecule has 0 saturated heterocycles. The van der Waals surface area contributed by atoms with Crippen LogP contribution >= 0.6 is 0 Å². The second-order valence-electron chi connectivity index (χ2n) is 12.8. The van der Waals surface area contributed by atoms with Gasteiger partial charge < -0.3 is 9.64 Å². The van der Waals surface area contributed by atoms with Gasteiger partial charge in [-0.1, -0.05) is 146 Å². The van der Waals surface area contributed by atoms with Crippen LogP contribution in [0.1, 0.15) is 69.1 Å². The lowest BCUT2D eigenvalue weighted by Gasteiger charge is -2.34. The summed E-state index contributed by atoms with van der Waals surface area (Å²) in [5.74, 6) is -0.137. The molecule has 0 aliphatic carbocycles. The molecule has 5 aromatic carbocycles. The molecule has 0 amide bonds. The van der Waals surface area contributed by atoms with Gasteiger partial charge in [-0.15, -0.1) is 15.0 Å². The van der Waals surface area contributed by atoms with Crippen molar-refractivity contribution in [1.29, 1.82) is 0 Å². The molecular formula is C45H40N6O3. The average Bonchev–Trinajstić information content (AvgIpc) is 3.73. The largest absolute Gasteiger partial charge is 0.462 e. The predicted octanol–water partition coefficient (Wildman–Crippen LogP) is 8.40. The number of carbonyl (C=O) groups is 2. The van der Waals surface area contributed by atoms with Gasteiger partial charge in [-0.05, 0) is 64.1 Å². The summed E-state index contributed by atoms with van der Waals surface area (Å²) in [7, 11) is 0. The normalized spacial score (nSPS) is 11.2. The fourth-order valence-corrected chi connectivity index (χ4v) is 6.94. The molecule has 54 heavy (non-hydrogen) atoms. The summed E-state index contributed by atoms with van der Waals surface area (Å²) in [4.78, 5) is 35.3. The summed E-state index contributed by atoms with van der Waals surface area (Å²) in [5.41, 5.74) is 5.35. The van der Waals surface area contributed by atoms with Crippen molar-refractivity contribution in [2.45, 2.75) is 32.4 Å². The van der Waals surface area contributed by atoms with Gasteiger partial charge in [-0.25, -0.2) is 9.78 Å². The number of esters is 1. The molecule has 9 heteroatoms. The van der Waals surface area contributed by atoms with Gasteiger partial charge in [-0.2, -0.15) is 0 Å². The van der Waals surface area contributed by atoms with E-state index in [1.54, 1.807) is 36.1 Å². The summed E-state index contributed by atoms with van der Waals surface area (Å²) in [6.07, 6.45) is 2.56. The van der Waals surface area contributed by atoms with Crippen LogP contribution in [0.2, 0.25) is 0 Å². The van der Waals surface area contributed by atoms with E-state index in [2.05, 4.69) is 27.1 Å². The van der Waals surface area contributed by atoms with Gasteiger partial charge in [0.15, 0.2) is 5.54 Å². The number of aromatic nitrogens is 5. The Bertz CT molecular complexity index is 2230. The molecule has 268 valence electrons. The van der Waals surface area contributed by atoms with E-state index in [0.29, 0.717) is 30.0 Å². The van der Waals surface area contributed by atoms with Crippen molar-refractivity contribution in [2.24, 2.45) is 0 Å². The summed E-state index contributed by atoms with van der Waals surface area (Å²) in [5, 5.41) is 13.8. The van der Waals surface area contributed by atoms with Gasteiger partial charge in [0.25, 0.3) is 0 Å². The Hall–Kier alpha value is -6.74. The van der Waals surface area contributed by atoms with Gasteiger partial charge in [0.2, 0.25) is 11.6 Å². The first-order valence-electron chi connectivity index (χ1n) is 18.1. The van der Waals surface area contributed by atoms with E-state index in [0.717, 1.165) is 39.8 Å². The van der Waals surface area contributed by atoms with Gasteiger partial charge in [-0.3, -0.25) is 4.79 Å². The highest BCUT2D eigenvalue weighted by Gasteiger charge is 2.41. The minimum absolute atomic E-state index is 0.00536. The van der Waals surface area contributed by atoms with Gasteiger partial charge >= 0.3 is 5.97 Å². The molecule has 0 unspecified atom stereocenters. The van der Waals surface area contributed by atoms with Gasteiger partial charge in [0, 0.05) is 24.8 Å². The number of hydrogen-bond donors (Lipinski definition) is 0. The van der Waals surface area contributed by atoms with Crippen molar-refractivity contribution >= 4 is 17.6 Å². The number of carbonyl (C=O) groups excluding carboxylic acids is 2. The summed E-state index contributed by atoms with van der Waals surface area (Å²) >= 11 is 0. The molecule has 0 atom stereocenters. The first-order valence-corrected chi connectivity index (χ1v) is 18.1. The third kappa shape index (κ3) is 7.04. The van der Waals surface area contributed by atoms with Crippen LogP contribution in [0.4, 0.5) is 5.82 Å². The zero-order chi connectivity index (χ0) is 37.3. The van der Waals surface area contributed by atoms with Crippen molar-refractivity contribution in [2.75, 3.05) is 18.1 Å². The lowest BCUT2D eigenvalue weighted by molar-refractivity contribution is 0.0526. The topological polar surface area (TPSA) is 103 Å². The van der Waals surface area contributed by atoms with E-state index < -0.39 is 11.5 Å². The molecule has 2 heterocycles. The number of benzene rings is 5. The smallest absolute Gasteiger partial charge is 0.341 e. The van der Waals surface area contributed by atoms with E-state index in [4.69, 9.17) is 9.84 Å². The zero-order valence-corrected chi connectivity index (χ0v) is 30.2. The monoisotopic (exact) mass is 712 g/mol. The van der Waals surface area contributed by atoms with Crippen LogP contribution in [0.5, 0.6) is 0 Å². The van der Waals surface area contributed by atoms with Crippen molar-refractivity contribution < 1.29 is 14.3 Å². The molecule has 7 rings (SSSR count). The summed E-state index contributed by atoms with van der Waals surface area (Å²) in [6, 6.07) is 49.2. The lowest BCUT2D eigenvalue weighted by Crippen LogP contribution is -2.39. The molecule has 0 N–H and O–H groups in total. The molecule has 0 aliphatic heterocycles. The molecule has 2 aromatic heterocycles. The molecular weight excluding hydrogens is 673 g/mol. The second-order valence-corrected chi connectivity index (χ2v) is 12.8. The number of pyridine rings is 1. The average molecular weight is 713 g/mol. The number of ether oxygens (including phenoxy) is 1. The lowest BCUT2D eigenvalue weighted by atomic mass is 9.77. The van der Waals surface area contributed by atoms with Crippen LogP contribution in [0.3, 0.4) is 0 Å². The van der Waals surface area contributed by atoms with Crippen LogP contribution < -0.4 is 4.90 Å². The van der Waals surface area contributed by atoms with Crippen molar-refractivity contribution in [1.82, 2.24) is 25.2 Å². The maximum absolute atomic E-state index is 14.3. The summed E-state index contributed by atoms with van der Waals surface area (Å²) in [6.45, 7) is 5.42. The van der Waals surface area contributed by atoms with Crippen LogP contribution in [0, 0.1) is 0 Å². The third-order valence-corrected chi connectivity index (χ3v) is 9.38. The maximum atomic E-state index is 14.3. The molecule has 0 bridgehead atoms. The van der Waals surface area contributed by atoms with E-state index in [1.807, 2.05) is 133 Å². The second kappa shape index (κ2) is 16.3. The highest BCUT2D eigenvalue weighted by Crippen LogP contribution is 2.39. The Kier molecular flexibility index (Phi) is 10.8. The number of anilines is 1. The number of nitrogens with zero attached hydrogens (tertiary/aromatic N) is 6. The quantitative estimate of drug-likeness (QED) is 0.0630. The first kappa shape index (κ1) is 35.7. The maximum Gasteiger partial charge on any atom is 0.341 e. The third-order valence-electron chi connectivity index (χ3n) is 9.38. The number of hydrogen-bond acceptors (Lipinski definition) is 8. The fourth-order valence-electron chi connectivity index (χ4n) is 6.94. The molecule has 0 aliphatic rings. The van der Waals surface area contributed by atoms with E-state index in [9.17, 15) is 9.59 Å². The molecule has 9 nitrogen and oxygen atoms in total. The van der Waals surface area contributed by atoms with Crippen LogP contribution in [-0.2, 0) is 16.8 Å². The highest BCUT2D eigenvalue weighted by atomic mass is 16.5. The Morgan fingerprint density at radius 2 is 1.26 bits per heavy atom. The molecule has 0 spiro atoms. The van der Waals surface area contributed by atoms with Gasteiger partial charge in [0.1, 0.15) is 11.4 Å². The van der Waals surface area contributed by atoms with Gasteiger partial charge in [0.05, 0.1) is 6.61 Å². The minimum atomic E-state index is -0.997. The number of ketones is 1. The van der Waals surface area contributed by atoms with Crippen LogP contribution in [-0.4, -0.2) is 50.1 Å². The molecule has 7 aromatic rings.